The summed E-state index contributed by atoms with van der Waals surface area (Å²) in [5.41, 5.74) is 0.245. The standard InChI is InChI=1S/C6H7ClFN3/c1-3-4(8)5(9-2)11-6(7)10-3/h1-2H3,(H,9,10,11). The third kappa shape index (κ3) is 1.57. The molecule has 1 heterocycles. The predicted octanol–water partition coefficient (Wildman–Crippen LogP) is 1.62. The highest BCUT2D eigenvalue weighted by atomic mass is 35.5. The van der Waals surface area contributed by atoms with Crippen molar-refractivity contribution < 1.29 is 4.39 Å². The second-order valence-electron chi connectivity index (χ2n) is 1.99. The van der Waals surface area contributed by atoms with Gasteiger partial charge in [-0.25, -0.2) is 9.37 Å². The molecule has 0 aliphatic carbocycles. The van der Waals surface area contributed by atoms with Crippen molar-refractivity contribution in [3.8, 4) is 0 Å². The van der Waals surface area contributed by atoms with Crippen molar-refractivity contribution in [2.75, 3.05) is 12.4 Å². The van der Waals surface area contributed by atoms with E-state index in [1.54, 1.807) is 7.05 Å². The van der Waals surface area contributed by atoms with Crippen LogP contribution in [0.25, 0.3) is 0 Å². The normalized spacial score (nSPS) is 9.82. The Bertz CT molecular complexity index is 277. The molecule has 0 aliphatic heterocycles. The largest absolute Gasteiger partial charge is 0.371 e. The molecule has 1 N–H and O–H groups in total. The number of anilines is 1. The second kappa shape index (κ2) is 3.00. The van der Waals surface area contributed by atoms with Crippen LogP contribution in [-0.4, -0.2) is 17.0 Å². The first-order valence-corrected chi connectivity index (χ1v) is 3.40. The summed E-state index contributed by atoms with van der Waals surface area (Å²) in [5, 5.41) is 2.62. The Hall–Kier alpha value is -0.900. The summed E-state index contributed by atoms with van der Waals surface area (Å²) in [6.07, 6.45) is 0. The number of rotatable bonds is 1. The quantitative estimate of drug-likeness (QED) is 0.660. The van der Waals surface area contributed by atoms with Crippen molar-refractivity contribution >= 4 is 17.4 Å². The Morgan fingerprint density at radius 2 is 2.09 bits per heavy atom. The van der Waals surface area contributed by atoms with E-state index in [4.69, 9.17) is 11.6 Å². The summed E-state index contributed by atoms with van der Waals surface area (Å²) in [4.78, 5) is 7.24. The van der Waals surface area contributed by atoms with E-state index in [1.165, 1.54) is 6.92 Å². The van der Waals surface area contributed by atoms with Crippen LogP contribution in [0.4, 0.5) is 10.2 Å². The number of nitrogens with one attached hydrogen (secondary N) is 1. The maximum absolute atomic E-state index is 12.9. The van der Waals surface area contributed by atoms with Crippen molar-refractivity contribution in [1.82, 2.24) is 9.97 Å². The van der Waals surface area contributed by atoms with Crippen LogP contribution in [0.5, 0.6) is 0 Å². The first-order valence-electron chi connectivity index (χ1n) is 3.02. The van der Waals surface area contributed by atoms with Gasteiger partial charge < -0.3 is 5.32 Å². The second-order valence-corrected chi connectivity index (χ2v) is 2.33. The molecule has 0 aliphatic rings. The van der Waals surface area contributed by atoms with E-state index in [9.17, 15) is 4.39 Å². The molecule has 1 aromatic rings. The van der Waals surface area contributed by atoms with Gasteiger partial charge in [-0.15, -0.1) is 0 Å². The summed E-state index contributed by atoms with van der Waals surface area (Å²) in [6.45, 7) is 1.53. The lowest BCUT2D eigenvalue weighted by atomic mass is 10.4. The zero-order chi connectivity index (χ0) is 8.43. The molecule has 0 unspecified atom stereocenters. The van der Waals surface area contributed by atoms with Crippen LogP contribution >= 0.6 is 11.6 Å². The molecule has 60 valence electrons. The van der Waals surface area contributed by atoms with E-state index in [1.807, 2.05) is 0 Å². The van der Waals surface area contributed by atoms with Gasteiger partial charge in [0.1, 0.15) is 0 Å². The third-order valence-electron chi connectivity index (χ3n) is 1.23. The summed E-state index contributed by atoms with van der Waals surface area (Å²) < 4.78 is 12.9. The Morgan fingerprint density at radius 3 is 2.64 bits per heavy atom. The molecule has 0 radical (unpaired) electrons. The molecule has 5 heteroatoms. The molecule has 0 bridgehead atoms. The van der Waals surface area contributed by atoms with Gasteiger partial charge >= 0.3 is 0 Å². The predicted molar refractivity (Wildman–Crippen MR) is 41.3 cm³/mol. The highest BCUT2D eigenvalue weighted by Crippen LogP contribution is 2.14. The van der Waals surface area contributed by atoms with Crippen molar-refractivity contribution in [3.63, 3.8) is 0 Å². The van der Waals surface area contributed by atoms with Crippen LogP contribution in [0.2, 0.25) is 5.28 Å². The zero-order valence-corrected chi connectivity index (χ0v) is 6.91. The smallest absolute Gasteiger partial charge is 0.224 e. The van der Waals surface area contributed by atoms with Gasteiger partial charge in [0.05, 0.1) is 5.69 Å². The average Bonchev–Trinajstić information content (AvgIpc) is 1.96. The van der Waals surface area contributed by atoms with Gasteiger partial charge in [-0.2, -0.15) is 4.98 Å². The minimum atomic E-state index is -0.461. The molecular weight excluding hydrogens is 169 g/mol. The summed E-state index contributed by atoms with van der Waals surface area (Å²) in [5.74, 6) is -0.334. The number of hydrogen-bond donors (Lipinski definition) is 1. The topological polar surface area (TPSA) is 37.8 Å². The summed E-state index contributed by atoms with van der Waals surface area (Å²) in [6, 6.07) is 0. The van der Waals surface area contributed by atoms with Crippen molar-refractivity contribution in [2.45, 2.75) is 6.92 Å². The Morgan fingerprint density at radius 1 is 1.45 bits per heavy atom. The molecule has 1 aromatic heterocycles. The monoisotopic (exact) mass is 175 g/mol. The van der Waals surface area contributed by atoms with Gasteiger partial charge in [-0.05, 0) is 18.5 Å². The zero-order valence-electron chi connectivity index (χ0n) is 6.15. The molecule has 1 rings (SSSR count). The van der Waals surface area contributed by atoms with Crippen LogP contribution in [0.1, 0.15) is 5.69 Å². The number of aryl methyl sites for hydroxylation is 1. The molecule has 0 amide bonds. The van der Waals surface area contributed by atoms with Crippen molar-refractivity contribution in [3.05, 3.63) is 16.8 Å². The molecule has 0 fully saturated rings. The van der Waals surface area contributed by atoms with Gasteiger partial charge in [0.15, 0.2) is 11.6 Å². The fourth-order valence-electron chi connectivity index (χ4n) is 0.691. The highest BCUT2D eigenvalue weighted by Gasteiger charge is 2.07. The van der Waals surface area contributed by atoms with E-state index in [2.05, 4.69) is 15.3 Å². The van der Waals surface area contributed by atoms with Crippen LogP contribution in [0, 0.1) is 12.7 Å². The van der Waals surface area contributed by atoms with Gasteiger partial charge in [0, 0.05) is 7.05 Å². The SMILES string of the molecule is CNc1nc(Cl)nc(C)c1F. The number of hydrogen-bond acceptors (Lipinski definition) is 3. The molecule has 3 nitrogen and oxygen atoms in total. The lowest BCUT2D eigenvalue weighted by Gasteiger charge is -2.02. The third-order valence-corrected chi connectivity index (χ3v) is 1.40. The molecule has 0 spiro atoms. The van der Waals surface area contributed by atoms with Crippen LogP contribution in [-0.2, 0) is 0 Å². The minimum absolute atomic E-state index is 0.0493. The van der Waals surface area contributed by atoms with Gasteiger partial charge in [0.25, 0.3) is 0 Å². The number of aromatic nitrogens is 2. The van der Waals surface area contributed by atoms with Crippen molar-refractivity contribution in [1.29, 1.82) is 0 Å². The first-order chi connectivity index (χ1) is 5.15. The Labute approximate surface area is 68.6 Å². The summed E-state index contributed by atoms with van der Waals surface area (Å²) >= 11 is 5.47. The van der Waals surface area contributed by atoms with E-state index >= 15 is 0 Å². The lowest BCUT2D eigenvalue weighted by molar-refractivity contribution is 0.606. The highest BCUT2D eigenvalue weighted by molar-refractivity contribution is 6.28. The maximum Gasteiger partial charge on any atom is 0.224 e. The van der Waals surface area contributed by atoms with Crippen LogP contribution in [0.15, 0.2) is 0 Å². The van der Waals surface area contributed by atoms with Gasteiger partial charge in [-0.1, -0.05) is 0 Å². The molecule has 11 heavy (non-hydrogen) atoms. The Balaban J connectivity index is 3.24. The lowest BCUT2D eigenvalue weighted by Crippen LogP contribution is -2.01. The van der Waals surface area contributed by atoms with Crippen LogP contribution in [0.3, 0.4) is 0 Å². The van der Waals surface area contributed by atoms with Gasteiger partial charge in [0.2, 0.25) is 5.28 Å². The first kappa shape index (κ1) is 8.20. The van der Waals surface area contributed by atoms with Crippen molar-refractivity contribution in [2.24, 2.45) is 0 Å². The van der Waals surface area contributed by atoms with Gasteiger partial charge in [-0.3, -0.25) is 0 Å². The van der Waals surface area contributed by atoms with E-state index < -0.39 is 5.82 Å². The van der Waals surface area contributed by atoms with E-state index in [0.29, 0.717) is 0 Å². The van der Waals surface area contributed by atoms with E-state index in [-0.39, 0.29) is 16.8 Å². The fraction of sp³-hybridized carbons (Fsp3) is 0.333. The molecular formula is C6H7ClFN3. The number of nitrogens with zero attached hydrogens (tertiary/aromatic N) is 2. The molecule has 0 saturated carbocycles. The fourth-order valence-corrected chi connectivity index (χ4v) is 0.902. The Kier molecular flexibility index (Phi) is 2.24. The average molecular weight is 176 g/mol. The molecule has 0 saturated heterocycles. The minimum Gasteiger partial charge on any atom is -0.371 e. The molecule has 0 aromatic carbocycles. The summed E-state index contributed by atoms with van der Waals surface area (Å²) in [7, 11) is 1.57. The molecule has 0 atom stereocenters. The van der Waals surface area contributed by atoms with Crippen LogP contribution < -0.4 is 5.32 Å². The number of halogens is 2. The van der Waals surface area contributed by atoms with E-state index in [0.717, 1.165) is 0 Å². The maximum atomic E-state index is 12.9.